The first kappa shape index (κ1) is 8.24. The molecule has 2 heteroatoms. The lowest BCUT2D eigenvalue weighted by molar-refractivity contribution is -0.824. The highest BCUT2D eigenvalue weighted by molar-refractivity contribution is 5.76. The Morgan fingerprint density at radius 3 is 2.83 bits per heavy atom. The van der Waals surface area contributed by atoms with Crippen LogP contribution in [0.1, 0.15) is 32.1 Å². The van der Waals surface area contributed by atoms with Crippen LogP contribution in [0.5, 0.6) is 0 Å². The summed E-state index contributed by atoms with van der Waals surface area (Å²) in [5.41, 5.74) is 0. The summed E-state index contributed by atoms with van der Waals surface area (Å²) in [4.78, 5) is 4.67. The third-order valence-corrected chi connectivity index (χ3v) is 3.28. The van der Waals surface area contributed by atoms with Crippen molar-refractivity contribution in [2.24, 2.45) is 4.99 Å². The zero-order chi connectivity index (χ0) is 8.44. The van der Waals surface area contributed by atoms with Crippen LogP contribution in [0.4, 0.5) is 0 Å². The minimum atomic E-state index is 1.09. The molecule has 0 N–H and O–H groups in total. The minimum absolute atomic E-state index is 1.09. The molecule has 1 fully saturated rings. The Morgan fingerprint density at radius 2 is 1.92 bits per heavy atom. The SMILES string of the molecule is C[N+]12CCCCCC1=NCCC2. The van der Waals surface area contributed by atoms with Crippen LogP contribution in [-0.4, -0.2) is 37.0 Å². The number of amidine groups is 1. The second-order valence-corrected chi connectivity index (χ2v) is 4.31. The van der Waals surface area contributed by atoms with Gasteiger partial charge >= 0.3 is 0 Å². The normalized spacial score (nSPS) is 36.6. The average Bonchev–Trinajstić information content (AvgIpc) is 2.25. The molecule has 1 unspecified atom stereocenters. The number of quaternary nitrogens is 1. The molecule has 0 aromatic rings. The third-order valence-electron chi connectivity index (χ3n) is 3.28. The van der Waals surface area contributed by atoms with Crippen molar-refractivity contribution in [1.82, 2.24) is 0 Å². The first-order valence-corrected chi connectivity index (χ1v) is 5.20. The van der Waals surface area contributed by atoms with Gasteiger partial charge in [0, 0.05) is 19.4 Å². The molecule has 0 aliphatic carbocycles. The molecule has 2 nitrogen and oxygen atoms in total. The standard InChI is InChI=1S/C10H19N2/c1-12-8-4-2-3-6-10(12)11-7-5-9-12/h2-9H2,1H3/q+1. The molecule has 12 heavy (non-hydrogen) atoms. The van der Waals surface area contributed by atoms with Gasteiger partial charge in [0.15, 0.2) is 5.84 Å². The Balaban J connectivity index is 2.20. The Morgan fingerprint density at radius 1 is 1.08 bits per heavy atom. The van der Waals surface area contributed by atoms with Gasteiger partial charge < -0.3 is 0 Å². The number of fused-ring (bicyclic) bond motifs is 1. The number of rotatable bonds is 0. The molecular formula is C10H19N2+. The zero-order valence-electron chi connectivity index (χ0n) is 8.05. The Kier molecular flexibility index (Phi) is 2.18. The second kappa shape index (κ2) is 3.17. The van der Waals surface area contributed by atoms with E-state index in [9.17, 15) is 0 Å². The van der Waals surface area contributed by atoms with Gasteiger partial charge in [-0.05, 0) is 19.3 Å². The van der Waals surface area contributed by atoms with Crippen LogP contribution in [0.3, 0.4) is 0 Å². The zero-order valence-corrected chi connectivity index (χ0v) is 8.05. The predicted molar refractivity (Wildman–Crippen MR) is 51.3 cm³/mol. The van der Waals surface area contributed by atoms with Crippen molar-refractivity contribution >= 4 is 5.84 Å². The van der Waals surface area contributed by atoms with Crippen LogP contribution in [0.25, 0.3) is 0 Å². The summed E-state index contributed by atoms with van der Waals surface area (Å²) in [6, 6.07) is 0. The highest BCUT2D eigenvalue weighted by Crippen LogP contribution is 2.21. The smallest absolute Gasteiger partial charge is 0.197 e. The molecule has 2 aliphatic rings. The second-order valence-electron chi connectivity index (χ2n) is 4.31. The maximum atomic E-state index is 4.67. The first-order valence-electron chi connectivity index (χ1n) is 5.20. The van der Waals surface area contributed by atoms with Crippen molar-refractivity contribution in [2.75, 3.05) is 26.7 Å². The summed E-state index contributed by atoms with van der Waals surface area (Å²) in [7, 11) is 2.36. The summed E-state index contributed by atoms with van der Waals surface area (Å²) in [5, 5.41) is 0. The van der Waals surface area contributed by atoms with Gasteiger partial charge in [0.1, 0.15) is 0 Å². The fraction of sp³-hybridized carbons (Fsp3) is 0.900. The monoisotopic (exact) mass is 167 g/mol. The van der Waals surface area contributed by atoms with Crippen LogP contribution < -0.4 is 0 Å². The fourth-order valence-electron chi connectivity index (χ4n) is 2.44. The van der Waals surface area contributed by atoms with Gasteiger partial charge in [0.25, 0.3) is 0 Å². The van der Waals surface area contributed by atoms with E-state index in [0.29, 0.717) is 0 Å². The van der Waals surface area contributed by atoms with Gasteiger partial charge in [-0.1, -0.05) is 0 Å². The molecule has 2 aliphatic heterocycles. The van der Waals surface area contributed by atoms with Gasteiger partial charge in [0.05, 0.1) is 20.1 Å². The molecule has 0 amide bonds. The Hall–Kier alpha value is -0.370. The maximum Gasteiger partial charge on any atom is 0.197 e. The summed E-state index contributed by atoms with van der Waals surface area (Å²) in [6.45, 7) is 3.75. The van der Waals surface area contributed by atoms with E-state index in [1.165, 1.54) is 55.5 Å². The molecule has 1 saturated heterocycles. The van der Waals surface area contributed by atoms with Gasteiger partial charge in [-0.3, -0.25) is 4.48 Å². The maximum absolute atomic E-state index is 4.67. The van der Waals surface area contributed by atoms with E-state index in [2.05, 4.69) is 12.0 Å². The highest BCUT2D eigenvalue weighted by Gasteiger charge is 2.32. The van der Waals surface area contributed by atoms with Crippen LogP contribution in [0.15, 0.2) is 4.99 Å². The van der Waals surface area contributed by atoms with Crippen LogP contribution in [0, 0.1) is 0 Å². The van der Waals surface area contributed by atoms with Crippen LogP contribution >= 0.6 is 0 Å². The van der Waals surface area contributed by atoms with Gasteiger partial charge in [0.2, 0.25) is 0 Å². The van der Waals surface area contributed by atoms with Crippen molar-refractivity contribution in [3.63, 3.8) is 0 Å². The van der Waals surface area contributed by atoms with E-state index < -0.39 is 0 Å². The fourth-order valence-corrected chi connectivity index (χ4v) is 2.44. The summed E-state index contributed by atoms with van der Waals surface area (Å²) < 4.78 is 1.17. The quantitative estimate of drug-likeness (QED) is 0.488. The lowest BCUT2D eigenvalue weighted by atomic mass is 10.2. The van der Waals surface area contributed by atoms with Crippen molar-refractivity contribution in [1.29, 1.82) is 0 Å². The van der Waals surface area contributed by atoms with Crippen molar-refractivity contribution in [3.8, 4) is 0 Å². The van der Waals surface area contributed by atoms with Crippen molar-refractivity contribution in [3.05, 3.63) is 0 Å². The molecule has 2 rings (SSSR count). The van der Waals surface area contributed by atoms with Crippen LogP contribution in [0.2, 0.25) is 0 Å². The summed E-state index contributed by atoms with van der Waals surface area (Å²) in [6.07, 6.45) is 6.73. The average molecular weight is 167 g/mol. The number of nitrogens with zero attached hydrogens (tertiary/aromatic N) is 2. The minimum Gasteiger partial charge on any atom is -0.281 e. The number of hydrogen-bond donors (Lipinski definition) is 0. The summed E-state index contributed by atoms with van der Waals surface area (Å²) >= 11 is 0. The highest BCUT2D eigenvalue weighted by atomic mass is 15.4. The van der Waals surface area contributed by atoms with E-state index in [1.807, 2.05) is 0 Å². The summed E-state index contributed by atoms with van der Waals surface area (Å²) in [5.74, 6) is 1.48. The molecule has 68 valence electrons. The molecule has 0 aromatic carbocycles. The molecule has 0 aromatic heterocycles. The molecular weight excluding hydrogens is 148 g/mol. The molecule has 0 bridgehead atoms. The topological polar surface area (TPSA) is 12.4 Å². The molecule has 1 atom stereocenters. The third kappa shape index (κ3) is 1.40. The van der Waals surface area contributed by atoms with Gasteiger partial charge in [-0.15, -0.1) is 0 Å². The molecule has 0 spiro atoms. The number of aliphatic imine (C=N–C) groups is 1. The van der Waals surface area contributed by atoms with Crippen molar-refractivity contribution in [2.45, 2.75) is 32.1 Å². The van der Waals surface area contributed by atoms with Gasteiger partial charge in [-0.2, -0.15) is 0 Å². The Labute approximate surface area is 74.9 Å². The predicted octanol–water partition coefficient (Wildman–Crippen LogP) is 1.81. The number of hydrogen-bond acceptors (Lipinski definition) is 1. The largest absolute Gasteiger partial charge is 0.281 e. The van der Waals surface area contributed by atoms with E-state index in [1.54, 1.807) is 0 Å². The van der Waals surface area contributed by atoms with Gasteiger partial charge in [-0.25, -0.2) is 4.99 Å². The Bertz CT molecular complexity index is 198. The first-order chi connectivity index (χ1) is 5.81. The van der Waals surface area contributed by atoms with E-state index in [0.717, 1.165) is 6.54 Å². The van der Waals surface area contributed by atoms with E-state index in [4.69, 9.17) is 0 Å². The van der Waals surface area contributed by atoms with Crippen molar-refractivity contribution < 1.29 is 4.48 Å². The molecule has 0 radical (unpaired) electrons. The van der Waals surface area contributed by atoms with E-state index >= 15 is 0 Å². The lowest BCUT2D eigenvalue weighted by Crippen LogP contribution is -2.51. The molecule has 2 heterocycles. The van der Waals surface area contributed by atoms with Crippen LogP contribution in [-0.2, 0) is 0 Å². The van der Waals surface area contributed by atoms with E-state index in [-0.39, 0.29) is 0 Å². The lowest BCUT2D eigenvalue weighted by Gasteiger charge is -2.35. The molecule has 0 saturated carbocycles.